The zero-order valence-corrected chi connectivity index (χ0v) is 11.6. The molecule has 0 unspecified atom stereocenters. The van der Waals surface area contributed by atoms with Crippen LogP contribution in [-0.2, 0) is 0 Å². The summed E-state index contributed by atoms with van der Waals surface area (Å²) in [5.41, 5.74) is 0.484. The van der Waals surface area contributed by atoms with Crippen LogP contribution in [0.2, 0.25) is 0 Å². The molecule has 1 rings (SSSR count). The molecular weight excluding hydrogens is 330 g/mol. The van der Waals surface area contributed by atoms with Crippen LogP contribution in [0.3, 0.4) is 0 Å². The minimum atomic E-state index is 0.0139. The van der Waals surface area contributed by atoms with E-state index in [-0.39, 0.29) is 5.12 Å². The van der Waals surface area contributed by atoms with Gasteiger partial charge in [-0.2, -0.15) is 0 Å². The van der Waals surface area contributed by atoms with Gasteiger partial charge in [0.2, 0.25) is 5.12 Å². The van der Waals surface area contributed by atoms with Crippen molar-refractivity contribution < 1.29 is 4.79 Å². The van der Waals surface area contributed by atoms with Gasteiger partial charge >= 0.3 is 0 Å². The van der Waals surface area contributed by atoms with E-state index >= 15 is 0 Å². The van der Waals surface area contributed by atoms with Crippen molar-refractivity contribution in [3.05, 3.63) is 26.9 Å². The Kier molecular flexibility index (Phi) is 5.12. The van der Waals surface area contributed by atoms with E-state index in [1.165, 1.54) is 11.8 Å². The summed E-state index contributed by atoms with van der Waals surface area (Å²) >= 11 is 7.84. The van der Waals surface area contributed by atoms with E-state index in [0.29, 0.717) is 10.3 Å². The first-order valence-corrected chi connectivity index (χ1v) is 6.71. The van der Waals surface area contributed by atoms with Gasteiger partial charge in [0.05, 0.1) is 0 Å². The molecule has 0 aromatic carbocycles. The molecule has 2 nitrogen and oxygen atoms in total. The van der Waals surface area contributed by atoms with Gasteiger partial charge in [-0.1, -0.05) is 18.7 Å². The van der Waals surface area contributed by atoms with Gasteiger partial charge in [0.1, 0.15) is 10.3 Å². The lowest BCUT2D eigenvalue weighted by Crippen LogP contribution is -2.00. The highest BCUT2D eigenvalue weighted by molar-refractivity contribution is 9.11. The quantitative estimate of drug-likeness (QED) is 0.783. The lowest BCUT2D eigenvalue weighted by Gasteiger charge is -2.01. The van der Waals surface area contributed by atoms with Crippen LogP contribution in [0, 0.1) is 0 Å². The van der Waals surface area contributed by atoms with E-state index in [4.69, 9.17) is 0 Å². The second kappa shape index (κ2) is 5.88. The maximum atomic E-state index is 11.6. The number of pyridine rings is 1. The van der Waals surface area contributed by atoms with Crippen molar-refractivity contribution in [3.8, 4) is 0 Å². The van der Waals surface area contributed by atoms with E-state index in [1.807, 2.05) is 13.0 Å². The zero-order valence-electron chi connectivity index (χ0n) is 7.59. The minimum absolute atomic E-state index is 0.0139. The van der Waals surface area contributed by atoms with Crippen molar-refractivity contribution in [1.29, 1.82) is 0 Å². The second-order valence-electron chi connectivity index (χ2n) is 2.60. The standard InChI is InChI=1S/C9H9Br2NOS/c1-2-5-14-9(13)8-6(10)3-4-7(11)12-8/h3-4H,2,5H2,1H3. The highest BCUT2D eigenvalue weighted by atomic mass is 79.9. The highest BCUT2D eigenvalue weighted by Gasteiger charge is 2.12. The van der Waals surface area contributed by atoms with Gasteiger partial charge in [-0.05, 0) is 50.4 Å². The number of aromatic nitrogens is 1. The Balaban J connectivity index is 2.83. The van der Waals surface area contributed by atoms with Crippen LogP contribution >= 0.6 is 43.6 Å². The first-order chi connectivity index (χ1) is 6.65. The van der Waals surface area contributed by atoms with E-state index in [0.717, 1.165) is 16.6 Å². The summed E-state index contributed by atoms with van der Waals surface area (Å²) in [6.07, 6.45) is 0.988. The lowest BCUT2D eigenvalue weighted by molar-refractivity contribution is 0.108. The van der Waals surface area contributed by atoms with Crippen LogP contribution in [-0.4, -0.2) is 15.9 Å². The maximum Gasteiger partial charge on any atom is 0.238 e. The molecule has 0 amide bonds. The topological polar surface area (TPSA) is 30.0 Å². The van der Waals surface area contributed by atoms with Crippen molar-refractivity contribution in [2.24, 2.45) is 0 Å². The fourth-order valence-electron chi connectivity index (χ4n) is 0.825. The van der Waals surface area contributed by atoms with Crippen molar-refractivity contribution in [3.63, 3.8) is 0 Å². The highest BCUT2D eigenvalue weighted by Crippen LogP contribution is 2.22. The van der Waals surface area contributed by atoms with Gasteiger partial charge in [-0.15, -0.1) is 0 Å². The first-order valence-electron chi connectivity index (χ1n) is 4.14. The molecule has 0 radical (unpaired) electrons. The smallest absolute Gasteiger partial charge is 0.238 e. The Bertz CT molecular complexity index is 344. The second-order valence-corrected chi connectivity index (χ2v) is 5.33. The van der Waals surface area contributed by atoms with Crippen molar-refractivity contribution in [2.45, 2.75) is 13.3 Å². The fraction of sp³-hybridized carbons (Fsp3) is 0.333. The molecule has 0 spiro atoms. The van der Waals surface area contributed by atoms with Crippen LogP contribution in [0.15, 0.2) is 21.2 Å². The minimum Gasteiger partial charge on any atom is -0.280 e. The Morgan fingerprint density at radius 2 is 2.21 bits per heavy atom. The van der Waals surface area contributed by atoms with Gasteiger partial charge < -0.3 is 0 Å². The largest absolute Gasteiger partial charge is 0.280 e. The Morgan fingerprint density at radius 1 is 1.50 bits per heavy atom. The molecule has 0 bridgehead atoms. The number of hydrogen-bond acceptors (Lipinski definition) is 3. The lowest BCUT2D eigenvalue weighted by atomic mass is 10.4. The van der Waals surface area contributed by atoms with E-state index in [1.54, 1.807) is 6.07 Å². The predicted octanol–water partition coefficient (Wildman–Crippen LogP) is 3.89. The monoisotopic (exact) mass is 337 g/mol. The normalized spacial score (nSPS) is 10.2. The van der Waals surface area contributed by atoms with Gasteiger partial charge in [-0.25, -0.2) is 4.98 Å². The summed E-state index contributed by atoms with van der Waals surface area (Å²) in [5, 5.41) is 0.0139. The summed E-state index contributed by atoms with van der Waals surface area (Å²) in [4.78, 5) is 15.8. The van der Waals surface area contributed by atoms with E-state index in [9.17, 15) is 4.79 Å². The average Bonchev–Trinajstić information content (AvgIpc) is 2.18. The van der Waals surface area contributed by atoms with E-state index < -0.39 is 0 Å². The van der Waals surface area contributed by atoms with Crippen LogP contribution in [0.4, 0.5) is 0 Å². The van der Waals surface area contributed by atoms with Crippen molar-refractivity contribution >= 4 is 48.7 Å². The molecule has 0 aliphatic carbocycles. The molecule has 1 aromatic heterocycles. The molecule has 0 fully saturated rings. The number of hydrogen-bond donors (Lipinski definition) is 0. The third-order valence-electron chi connectivity index (χ3n) is 1.44. The molecule has 5 heteroatoms. The van der Waals surface area contributed by atoms with Crippen molar-refractivity contribution in [2.75, 3.05) is 5.75 Å². The molecular formula is C9H9Br2NOS. The number of halogens is 2. The van der Waals surface area contributed by atoms with Gasteiger partial charge in [0.25, 0.3) is 0 Å². The molecule has 0 aliphatic heterocycles. The van der Waals surface area contributed by atoms with Gasteiger partial charge in [0, 0.05) is 10.2 Å². The molecule has 76 valence electrons. The Hall–Kier alpha value is 0.130. The zero-order chi connectivity index (χ0) is 10.6. The summed E-state index contributed by atoms with van der Waals surface area (Å²) in [6.45, 7) is 2.05. The molecule has 14 heavy (non-hydrogen) atoms. The average molecular weight is 339 g/mol. The fourth-order valence-corrected chi connectivity index (χ4v) is 2.35. The Labute approximate surface area is 104 Å². The van der Waals surface area contributed by atoms with Crippen molar-refractivity contribution in [1.82, 2.24) is 4.98 Å². The van der Waals surface area contributed by atoms with Crippen LogP contribution in [0.25, 0.3) is 0 Å². The van der Waals surface area contributed by atoms with Crippen LogP contribution < -0.4 is 0 Å². The van der Waals surface area contributed by atoms with Crippen LogP contribution in [0.1, 0.15) is 23.8 Å². The molecule has 0 saturated heterocycles. The van der Waals surface area contributed by atoms with E-state index in [2.05, 4.69) is 36.8 Å². The number of rotatable bonds is 3. The van der Waals surface area contributed by atoms with Crippen LogP contribution in [0.5, 0.6) is 0 Å². The third-order valence-corrected chi connectivity index (χ3v) is 3.59. The molecule has 1 heterocycles. The third kappa shape index (κ3) is 3.37. The molecule has 0 aliphatic rings. The van der Waals surface area contributed by atoms with Gasteiger partial charge in [-0.3, -0.25) is 4.79 Å². The number of thioether (sulfide) groups is 1. The number of carbonyl (C=O) groups is 1. The molecule has 0 N–H and O–H groups in total. The first kappa shape index (κ1) is 12.2. The predicted molar refractivity (Wildman–Crippen MR) is 66.7 cm³/mol. The molecule has 0 saturated carbocycles. The number of nitrogens with zero attached hydrogens (tertiary/aromatic N) is 1. The summed E-state index contributed by atoms with van der Waals surface area (Å²) in [5.74, 6) is 0.833. The SMILES string of the molecule is CCCSC(=O)c1nc(Br)ccc1Br. The Morgan fingerprint density at radius 3 is 2.86 bits per heavy atom. The summed E-state index contributed by atoms with van der Waals surface area (Å²) < 4.78 is 1.43. The molecule has 0 atom stereocenters. The number of carbonyl (C=O) groups excluding carboxylic acids is 1. The molecule has 1 aromatic rings. The summed E-state index contributed by atoms with van der Waals surface area (Å²) in [7, 11) is 0. The van der Waals surface area contributed by atoms with Gasteiger partial charge in [0.15, 0.2) is 0 Å². The maximum absolute atomic E-state index is 11.6. The summed E-state index contributed by atoms with van der Waals surface area (Å²) in [6, 6.07) is 3.61.